The van der Waals surface area contributed by atoms with Crippen LogP contribution in [0.15, 0.2) is 18.2 Å². The van der Waals surface area contributed by atoms with Gasteiger partial charge >= 0.3 is 6.18 Å². The molecular formula is C11H11F3N2. The van der Waals surface area contributed by atoms with Gasteiger partial charge in [-0.3, -0.25) is 0 Å². The molecule has 0 aliphatic rings. The number of halogens is 3. The van der Waals surface area contributed by atoms with Crippen LogP contribution in [0.25, 0.3) is 11.0 Å². The van der Waals surface area contributed by atoms with Crippen molar-refractivity contribution in [3.8, 4) is 0 Å². The van der Waals surface area contributed by atoms with E-state index in [9.17, 15) is 13.2 Å². The Balaban J connectivity index is 2.45. The number of nitrogens with zero attached hydrogens (tertiary/aromatic N) is 2. The second kappa shape index (κ2) is 3.50. The quantitative estimate of drug-likeness (QED) is 0.733. The molecular weight excluding hydrogens is 217 g/mol. The molecule has 86 valence electrons. The van der Waals surface area contributed by atoms with E-state index in [0.29, 0.717) is 5.52 Å². The standard InChI is InChI=1S/C11H11F3N2/c1-7-15-9-5-8(6-11(12,13)14)3-4-10(9)16(7)2/h3-5H,6H2,1-2H3. The second-order valence-corrected chi connectivity index (χ2v) is 3.83. The summed E-state index contributed by atoms with van der Waals surface area (Å²) in [6, 6.07) is 4.67. The second-order valence-electron chi connectivity index (χ2n) is 3.83. The van der Waals surface area contributed by atoms with E-state index in [1.54, 1.807) is 6.07 Å². The predicted octanol–water partition coefficient (Wildman–Crippen LogP) is 2.99. The Morgan fingerprint density at radius 2 is 2.00 bits per heavy atom. The molecule has 0 spiro atoms. The Hall–Kier alpha value is -1.52. The van der Waals surface area contributed by atoms with Crippen LogP contribution in [0.2, 0.25) is 0 Å². The van der Waals surface area contributed by atoms with Gasteiger partial charge in [0.2, 0.25) is 0 Å². The lowest BCUT2D eigenvalue weighted by Crippen LogP contribution is -2.11. The third-order valence-electron chi connectivity index (χ3n) is 2.57. The van der Waals surface area contributed by atoms with Gasteiger partial charge in [-0.05, 0) is 24.6 Å². The van der Waals surface area contributed by atoms with Crippen LogP contribution in [0.3, 0.4) is 0 Å². The Morgan fingerprint density at radius 3 is 2.62 bits per heavy atom. The molecule has 1 aromatic heterocycles. The largest absolute Gasteiger partial charge is 0.393 e. The van der Waals surface area contributed by atoms with E-state index in [-0.39, 0.29) is 5.56 Å². The third kappa shape index (κ3) is 2.03. The van der Waals surface area contributed by atoms with Crippen molar-refractivity contribution in [3.63, 3.8) is 0 Å². The molecule has 2 nitrogen and oxygen atoms in total. The zero-order valence-corrected chi connectivity index (χ0v) is 8.97. The Kier molecular flexibility index (Phi) is 2.40. The molecule has 2 rings (SSSR count). The summed E-state index contributed by atoms with van der Waals surface area (Å²) in [7, 11) is 1.84. The number of imidazole rings is 1. The predicted molar refractivity (Wildman–Crippen MR) is 55.2 cm³/mol. The number of aryl methyl sites for hydroxylation is 2. The molecule has 16 heavy (non-hydrogen) atoms. The fraction of sp³-hybridized carbons (Fsp3) is 0.364. The molecule has 1 heterocycles. The van der Waals surface area contributed by atoms with Gasteiger partial charge in [0.05, 0.1) is 17.5 Å². The normalized spacial score (nSPS) is 12.3. The van der Waals surface area contributed by atoms with E-state index in [1.165, 1.54) is 12.1 Å². The summed E-state index contributed by atoms with van der Waals surface area (Å²) in [5.41, 5.74) is 1.71. The molecule has 5 heteroatoms. The monoisotopic (exact) mass is 228 g/mol. The van der Waals surface area contributed by atoms with E-state index in [1.807, 2.05) is 18.5 Å². The third-order valence-corrected chi connectivity index (χ3v) is 2.57. The van der Waals surface area contributed by atoms with E-state index < -0.39 is 12.6 Å². The molecule has 0 N–H and O–H groups in total. The number of fused-ring (bicyclic) bond motifs is 1. The minimum Gasteiger partial charge on any atom is -0.331 e. The summed E-state index contributed by atoms with van der Waals surface area (Å²) in [4.78, 5) is 4.20. The van der Waals surface area contributed by atoms with Crippen LogP contribution in [0.5, 0.6) is 0 Å². The van der Waals surface area contributed by atoms with Gasteiger partial charge in [0.1, 0.15) is 5.82 Å². The lowest BCUT2D eigenvalue weighted by molar-refractivity contribution is -0.127. The van der Waals surface area contributed by atoms with Crippen molar-refractivity contribution in [1.29, 1.82) is 0 Å². The number of hydrogen-bond acceptors (Lipinski definition) is 1. The smallest absolute Gasteiger partial charge is 0.331 e. The van der Waals surface area contributed by atoms with Crippen LogP contribution in [-0.4, -0.2) is 15.7 Å². The molecule has 0 amide bonds. The highest BCUT2D eigenvalue weighted by molar-refractivity contribution is 5.76. The highest BCUT2D eigenvalue weighted by atomic mass is 19.4. The van der Waals surface area contributed by atoms with Crippen molar-refractivity contribution in [2.24, 2.45) is 7.05 Å². The molecule has 0 fully saturated rings. The van der Waals surface area contributed by atoms with Crippen molar-refractivity contribution in [3.05, 3.63) is 29.6 Å². The van der Waals surface area contributed by atoms with Gasteiger partial charge in [-0.2, -0.15) is 13.2 Å². The zero-order chi connectivity index (χ0) is 11.9. The van der Waals surface area contributed by atoms with Crippen LogP contribution in [0, 0.1) is 6.92 Å². The highest BCUT2D eigenvalue weighted by Gasteiger charge is 2.27. The number of benzene rings is 1. The molecule has 2 aromatic rings. The topological polar surface area (TPSA) is 17.8 Å². The summed E-state index contributed by atoms with van der Waals surface area (Å²) in [6.07, 6.45) is -5.07. The molecule has 0 unspecified atom stereocenters. The Labute approximate surface area is 90.7 Å². The van der Waals surface area contributed by atoms with Crippen molar-refractivity contribution in [2.75, 3.05) is 0 Å². The van der Waals surface area contributed by atoms with Crippen LogP contribution in [-0.2, 0) is 13.5 Å². The first-order valence-corrected chi connectivity index (χ1v) is 4.85. The summed E-state index contributed by atoms with van der Waals surface area (Å²) >= 11 is 0. The van der Waals surface area contributed by atoms with Crippen LogP contribution in [0.1, 0.15) is 11.4 Å². The number of hydrogen-bond donors (Lipinski definition) is 0. The molecule has 0 saturated heterocycles. The highest BCUT2D eigenvalue weighted by Crippen LogP contribution is 2.23. The number of rotatable bonds is 1. The van der Waals surface area contributed by atoms with Crippen LogP contribution in [0.4, 0.5) is 13.2 Å². The first kappa shape index (κ1) is 11.0. The maximum atomic E-state index is 12.2. The fourth-order valence-corrected chi connectivity index (χ4v) is 1.71. The Morgan fingerprint density at radius 1 is 1.31 bits per heavy atom. The first-order valence-electron chi connectivity index (χ1n) is 4.85. The van der Waals surface area contributed by atoms with Crippen molar-refractivity contribution < 1.29 is 13.2 Å². The van der Waals surface area contributed by atoms with Crippen molar-refractivity contribution in [2.45, 2.75) is 19.5 Å². The molecule has 1 aromatic carbocycles. The van der Waals surface area contributed by atoms with Crippen molar-refractivity contribution >= 4 is 11.0 Å². The molecule has 0 saturated carbocycles. The maximum absolute atomic E-state index is 12.2. The Bertz CT molecular complexity index is 526. The summed E-state index contributed by atoms with van der Waals surface area (Å²) in [5, 5.41) is 0. The van der Waals surface area contributed by atoms with Gasteiger partial charge in [-0.15, -0.1) is 0 Å². The average Bonchev–Trinajstić information content (AvgIpc) is 2.40. The van der Waals surface area contributed by atoms with Crippen LogP contribution >= 0.6 is 0 Å². The van der Waals surface area contributed by atoms with Gasteiger partial charge in [-0.1, -0.05) is 6.07 Å². The number of alkyl halides is 3. The van der Waals surface area contributed by atoms with E-state index in [0.717, 1.165) is 11.3 Å². The maximum Gasteiger partial charge on any atom is 0.393 e. The van der Waals surface area contributed by atoms with Gasteiger partial charge in [0, 0.05) is 7.05 Å². The number of aromatic nitrogens is 2. The van der Waals surface area contributed by atoms with E-state index in [2.05, 4.69) is 4.98 Å². The molecule has 0 radical (unpaired) electrons. The summed E-state index contributed by atoms with van der Waals surface area (Å²) in [6.45, 7) is 1.82. The van der Waals surface area contributed by atoms with E-state index >= 15 is 0 Å². The molecule has 0 bridgehead atoms. The summed E-state index contributed by atoms with van der Waals surface area (Å²) in [5.74, 6) is 0.791. The zero-order valence-electron chi connectivity index (χ0n) is 8.97. The SMILES string of the molecule is Cc1nc2cc(CC(F)(F)F)ccc2n1C. The fourth-order valence-electron chi connectivity index (χ4n) is 1.71. The van der Waals surface area contributed by atoms with Crippen molar-refractivity contribution in [1.82, 2.24) is 9.55 Å². The molecule has 0 aliphatic carbocycles. The van der Waals surface area contributed by atoms with Gasteiger partial charge in [0.15, 0.2) is 0 Å². The van der Waals surface area contributed by atoms with Gasteiger partial charge < -0.3 is 4.57 Å². The molecule has 0 atom stereocenters. The minimum absolute atomic E-state index is 0.248. The minimum atomic E-state index is -4.17. The van der Waals surface area contributed by atoms with E-state index in [4.69, 9.17) is 0 Å². The summed E-state index contributed by atoms with van der Waals surface area (Å²) < 4.78 is 38.5. The lowest BCUT2D eigenvalue weighted by atomic mass is 10.1. The van der Waals surface area contributed by atoms with Crippen LogP contribution < -0.4 is 0 Å². The molecule has 0 aliphatic heterocycles. The van der Waals surface area contributed by atoms with Gasteiger partial charge in [0.25, 0.3) is 0 Å². The van der Waals surface area contributed by atoms with Gasteiger partial charge in [-0.25, -0.2) is 4.98 Å². The lowest BCUT2D eigenvalue weighted by Gasteiger charge is -2.05. The average molecular weight is 228 g/mol. The first-order chi connectivity index (χ1) is 7.37.